The summed E-state index contributed by atoms with van der Waals surface area (Å²) in [7, 11) is 1.81. The molecule has 1 fully saturated rings. The molecule has 0 aliphatic carbocycles. The van der Waals surface area contributed by atoms with Crippen LogP contribution in [0.2, 0.25) is 0 Å². The predicted molar refractivity (Wildman–Crippen MR) is 103 cm³/mol. The van der Waals surface area contributed by atoms with Gasteiger partial charge in [-0.1, -0.05) is 31.2 Å². The van der Waals surface area contributed by atoms with E-state index in [1.807, 2.05) is 7.05 Å². The standard InChI is InChI=1S/C20H34N4/c1-16-10-12-24(13-11-16)15-18-8-6-17(7-9-18)14-22-19(21-5)23-20(2,3)4/h6-9,16H,10-15H2,1-5H3,(H2,21,22,23). The average molecular weight is 331 g/mol. The van der Waals surface area contributed by atoms with E-state index in [-0.39, 0.29) is 5.54 Å². The van der Waals surface area contributed by atoms with Gasteiger partial charge in [0, 0.05) is 25.7 Å². The molecule has 0 bridgehead atoms. The van der Waals surface area contributed by atoms with Crippen molar-refractivity contribution in [3.63, 3.8) is 0 Å². The van der Waals surface area contributed by atoms with Crippen LogP contribution in [-0.2, 0) is 13.1 Å². The first-order valence-electron chi connectivity index (χ1n) is 9.15. The Bertz CT molecular complexity index is 520. The Morgan fingerprint density at radius 1 is 1.12 bits per heavy atom. The van der Waals surface area contributed by atoms with Crippen LogP contribution >= 0.6 is 0 Å². The molecule has 4 nitrogen and oxygen atoms in total. The van der Waals surface area contributed by atoms with Crippen molar-refractivity contribution in [2.24, 2.45) is 10.9 Å². The number of aliphatic imine (C=N–C) groups is 1. The third-order valence-electron chi connectivity index (χ3n) is 4.48. The largest absolute Gasteiger partial charge is 0.352 e. The Morgan fingerprint density at radius 3 is 2.25 bits per heavy atom. The van der Waals surface area contributed by atoms with E-state index in [0.717, 1.165) is 25.0 Å². The molecule has 0 amide bonds. The van der Waals surface area contributed by atoms with E-state index >= 15 is 0 Å². The van der Waals surface area contributed by atoms with Crippen LogP contribution in [0.1, 0.15) is 51.7 Å². The van der Waals surface area contributed by atoms with Crippen molar-refractivity contribution < 1.29 is 0 Å². The SMILES string of the molecule is CN=C(NCc1ccc(CN2CCC(C)CC2)cc1)NC(C)(C)C. The Morgan fingerprint density at radius 2 is 1.71 bits per heavy atom. The second-order valence-corrected chi connectivity index (χ2v) is 8.08. The Hall–Kier alpha value is -1.55. The maximum Gasteiger partial charge on any atom is 0.191 e. The quantitative estimate of drug-likeness (QED) is 0.657. The Balaban J connectivity index is 1.81. The molecule has 1 aromatic carbocycles. The monoisotopic (exact) mass is 330 g/mol. The number of likely N-dealkylation sites (tertiary alicyclic amines) is 1. The van der Waals surface area contributed by atoms with Crippen molar-refractivity contribution in [3.8, 4) is 0 Å². The van der Waals surface area contributed by atoms with Crippen LogP contribution in [0, 0.1) is 5.92 Å². The fourth-order valence-corrected chi connectivity index (χ4v) is 2.96. The lowest BCUT2D eigenvalue weighted by Gasteiger charge is -2.30. The number of nitrogens with zero attached hydrogens (tertiary/aromatic N) is 2. The summed E-state index contributed by atoms with van der Waals surface area (Å²) < 4.78 is 0. The van der Waals surface area contributed by atoms with Crippen LogP contribution in [0.15, 0.2) is 29.3 Å². The second kappa shape index (κ2) is 8.52. The zero-order chi connectivity index (χ0) is 17.6. The molecule has 0 spiro atoms. The lowest BCUT2D eigenvalue weighted by atomic mass is 9.99. The minimum absolute atomic E-state index is 0.0115. The molecular formula is C20H34N4. The van der Waals surface area contributed by atoms with Crippen LogP contribution < -0.4 is 10.6 Å². The van der Waals surface area contributed by atoms with Crippen LogP contribution in [-0.4, -0.2) is 36.5 Å². The smallest absolute Gasteiger partial charge is 0.191 e. The van der Waals surface area contributed by atoms with Crippen LogP contribution in [0.5, 0.6) is 0 Å². The van der Waals surface area contributed by atoms with Gasteiger partial charge in [-0.3, -0.25) is 9.89 Å². The zero-order valence-electron chi connectivity index (χ0n) is 16.0. The molecule has 1 aliphatic rings. The van der Waals surface area contributed by atoms with Gasteiger partial charge in [-0.05, 0) is 63.7 Å². The zero-order valence-corrected chi connectivity index (χ0v) is 16.0. The van der Waals surface area contributed by atoms with Gasteiger partial charge in [0.1, 0.15) is 0 Å². The highest BCUT2D eigenvalue weighted by Gasteiger charge is 2.15. The number of benzene rings is 1. The first-order valence-corrected chi connectivity index (χ1v) is 9.15. The minimum Gasteiger partial charge on any atom is -0.352 e. The van der Waals surface area contributed by atoms with E-state index < -0.39 is 0 Å². The van der Waals surface area contributed by atoms with Gasteiger partial charge in [-0.2, -0.15) is 0 Å². The lowest BCUT2D eigenvalue weighted by Crippen LogP contribution is -2.47. The Kier molecular flexibility index (Phi) is 6.67. The van der Waals surface area contributed by atoms with Crippen LogP contribution in [0.3, 0.4) is 0 Å². The number of hydrogen-bond acceptors (Lipinski definition) is 2. The first kappa shape index (κ1) is 18.8. The molecule has 1 heterocycles. The molecule has 134 valence electrons. The van der Waals surface area contributed by atoms with Gasteiger partial charge in [0.15, 0.2) is 5.96 Å². The molecule has 2 N–H and O–H groups in total. The van der Waals surface area contributed by atoms with Gasteiger partial charge < -0.3 is 10.6 Å². The number of guanidine groups is 1. The van der Waals surface area contributed by atoms with Crippen molar-refractivity contribution in [1.29, 1.82) is 0 Å². The summed E-state index contributed by atoms with van der Waals surface area (Å²) in [5, 5.41) is 6.75. The van der Waals surface area contributed by atoms with E-state index in [1.54, 1.807) is 0 Å². The molecule has 1 saturated heterocycles. The summed E-state index contributed by atoms with van der Waals surface area (Å²) in [6, 6.07) is 8.96. The maximum atomic E-state index is 4.28. The van der Waals surface area contributed by atoms with Gasteiger partial charge in [-0.15, -0.1) is 0 Å². The topological polar surface area (TPSA) is 39.7 Å². The van der Waals surface area contributed by atoms with E-state index in [2.05, 4.69) is 72.5 Å². The van der Waals surface area contributed by atoms with Gasteiger partial charge in [0.05, 0.1) is 0 Å². The van der Waals surface area contributed by atoms with Crippen LogP contribution in [0.25, 0.3) is 0 Å². The van der Waals surface area contributed by atoms with Crippen molar-refractivity contribution in [2.45, 2.75) is 59.2 Å². The van der Waals surface area contributed by atoms with E-state index in [9.17, 15) is 0 Å². The van der Waals surface area contributed by atoms with Gasteiger partial charge in [0.2, 0.25) is 0 Å². The molecule has 0 aromatic heterocycles. The molecular weight excluding hydrogens is 296 g/mol. The summed E-state index contributed by atoms with van der Waals surface area (Å²) in [6.07, 6.45) is 2.67. The maximum absolute atomic E-state index is 4.28. The normalized spacial score (nSPS) is 17.8. The summed E-state index contributed by atoms with van der Waals surface area (Å²) in [4.78, 5) is 6.85. The highest BCUT2D eigenvalue weighted by Crippen LogP contribution is 2.18. The molecule has 0 saturated carbocycles. The number of nitrogens with one attached hydrogen (secondary N) is 2. The highest BCUT2D eigenvalue weighted by atomic mass is 15.2. The Labute approximate surface area is 147 Å². The van der Waals surface area contributed by atoms with Crippen molar-refractivity contribution in [1.82, 2.24) is 15.5 Å². The molecule has 1 aliphatic heterocycles. The molecule has 2 rings (SSSR count). The van der Waals surface area contributed by atoms with Crippen molar-refractivity contribution >= 4 is 5.96 Å². The van der Waals surface area contributed by atoms with E-state index in [4.69, 9.17) is 0 Å². The first-order chi connectivity index (χ1) is 11.4. The fraction of sp³-hybridized carbons (Fsp3) is 0.650. The highest BCUT2D eigenvalue weighted by molar-refractivity contribution is 5.80. The number of piperidine rings is 1. The van der Waals surface area contributed by atoms with Crippen molar-refractivity contribution in [3.05, 3.63) is 35.4 Å². The molecule has 4 heteroatoms. The van der Waals surface area contributed by atoms with E-state index in [1.165, 1.54) is 37.1 Å². The van der Waals surface area contributed by atoms with Gasteiger partial charge in [-0.25, -0.2) is 0 Å². The fourth-order valence-electron chi connectivity index (χ4n) is 2.96. The summed E-state index contributed by atoms with van der Waals surface area (Å²) in [6.45, 7) is 13.1. The number of rotatable bonds is 4. The second-order valence-electron chi connectivity index (χ2n) is 8.08. The molecule has 0 unspecified atom stereocenters. The molecule has 1 aromatic rings. The van der Waals surface area contributed by atoms with Gasteiger partial charge in [0.25, 0.3) is 0 Å². The van der Waals surface area contributed by atoms with Crippen LogP contribution in [0.4, 0.5) is 0 Å². The average Bonchev–Trinajstić information content (AvgIpc) is 2.54. The summed E-state index contributed by atoms with van der Waals surface area (Å²) >= 11 is 0. The molecule has 24 heavy (non-hydrogen) atoms. The van der Waals surface area contributed by atoms with Crippen molar-refractivity contribution in [2.75, 3.05) is 20.1 Å². The third-order valence-corrected chi connectivity index (χ3v) is 4.48. The number of hydrogen-bond donors (Lipinski definition) is 2. The lowest BCUT2D eigenvalue weighted by molar-refractivity contribution is 0.185. The van der Waals surface area contributed by atoms with E-state index in [0.29, 0.717) is 0 Å². The molecule has 0 atom stereocenters. The predicted octanol–water partition coefficient (Wildman–Crippen LogP) is 3.38. The summed E-state index contributed by atoms with van der Waals surface area (Å²) in [5.41, 5.74) is 2.70. The molecule has 0 radical (unpaired) electrons. The van der Waals surface area contributed by atoms with Gasteiger partial charge >= 0.3 is 0 Å². The third kappa shape index (κ3) is 6.52. The minimum atomic E-state index is 0.0115. The summed E-state index contributed by atoms with van der Waals surface area (Å²) in [5.74, 6) is 1.74.